The van der Waals surface area contributed by atoms with E-state index in [0.29, 0.717) is 18.8 Å². The first-order chi connectivity index (χ1) is 8.08. The van der Waals surface area contributed by atoms with Crippen molar-refractivity contribution in [1.29, 1.82) is 5.26 Å². The topological polar surface area (TPSA) is 40.9 Å². The Kier molecular flexibility index (Phi) is 3.38. The molecule has 2 aliphatic rings. The van der Waals surface area contributed by atoms with Crippen molar-refractivity contribution in [2.75, 3.05) is 0 Å². The van der Waals surface area contributed by atoms with Gasteiger partial charge in [-0.05, 0) is 37.0 Å². The predicted octanol–water partition coefficient (Wildman–Crippen LogP) is 3.63. The van der Waals surface area contributed by atoms with Crippen molar-refractivity contribution in [3.63, 3.8) is 0 Å². The molecule has 17 heavy (non-hydrogen) atoms. The maximum absolute atomic E-state index is 11.5. The van der Waals surface area contributed by atoms with Gasteiger partial charge in [0, 0.05) is 12.8 Å². The van der Waals surface area contributed by atoms with Gasteiger partial charge in [-0.3, -0.25) is 4.79 Å². The molecule has 0 N–H and O–H groups in total. The fraction of sp³-hybridized carbons (Fsp3) is 0.733. The van der Waals surface area contributed by atoms with Gasteiger partial charge in [0.05, 0.1) is 12.0 Å². The van der Waals surface area contributed by atoms with Gasteiger partial charge in [-0.2, -0.15) is 5.26 Å². The predicted molar refractivity (Wildman–Crippen MR) is 67.2 cm³/mol. The summed E-state index contributed by atoms with van der Waals surface area (Å²) in [6.07, 6.45) is 6.71. The van der Waals surface area contributed by atoms with Crippen molar-refractivity contribution in [3.8, 4) is 6.07 Å². The molecule has 0 saturated heterocycles. The standard InChI is InChI=1S/C15H21NO/c1-11-5-3-4-6-14(11)15(2)8-7-13(17)9-12(15)10-16/h12,14H,1,3-9H2,2H3. The molecule has 0 spiro atoms. The number of rotatable bonds is 1. The molecular formula is C15H21NO. The van der Waals surface area contributed by atoms with Gasteiger partial charge in [0.25, 0.3) is 0 Å². The summed E-state index contributed by atoms with van der Waals surface area (Å²) >= 11 is 0. The molecule has 2 nitrogen and oxygen atoms in total. The van der Waals surface area contributed by atoms with Crippen LogP contribution >= 0.6 is 0 Å². The Balaban J connectivity index is 2.23. The van der Waals surface area contributed by atoms with Crippen LogP contribution in [0.1, 0.15) is 51.9 Å². The normalized spacial score (nSPS) is 38.8. The van der Waals surface area contributed by atoms with Crippen molar-refractivity contribution in [2.45, 2.75) is 51.9 Å². The van der Waals surface area contributed by atoms with Crippen molar-refractivity contribution >= 4 is 5.78 Å². The number of ketones is 1. The Hall–Kier alpha value is -1.10. The van der Waals surface area contributed by atoms with Gasteiger partial charge in [0.15, 0.2) is 0 Å². The molecule has 2 aliphatic carbocycles. The second kappa shape index (κ2) is 4.64. The van der Waals surface area contributed by atoms with E-state index in [1.807, 2.05) is 0 Å². The zero-order valence-corrected chi connectivity index (χ0v) is 10.7. The second-order valence-electron chi connectivity index (χ2n) is 5.89. The highest BCUT2D eigenvalue weighted by Crippen LogP contribution is 2.51. The number of carbonyl (C=O) groups is 1. The molecule has 0 amide bonds. The van der Waals surface area contributed by atoms with E-state index in [0.717, 1.165) is 19.3 Å². The number of hydrogen-bond acceptors (Lipinski definition) is 2. The summed E-state index contributed by atoms with van der Waals surface area (Å²) in [6, 6.07) is 2.38. The van der Waals surface area contributed by atoms with E-state index in [9.17, 15) is 10.1 Å². The van der Waals surface area contributed by atoms with E-state index in [4.69, 9.17) is 0 Å². The fourth-order valence-corrected chi connectivity index (χ4v) is 3.63. The van der Waals surface area contributed by atoms with Gasteiger partial charge in [0.1, 0.15) is 5.78 Å². The number of Topliss-reactive ketones (excluding diaryl/α,β-unsaturated/α-hetero) is 1. The average molecular weight is 231 g/mol. The van der Waals surface area contributed by atoms with E-state index >= 15 is 0 Å². The third-order valence-electron chi connectivity index (χ3n) is 4.86. The molecule has 0 aromatic heterocycles. The third kappa shape index (κ3) is 2.16. The Bertz CT molecular complexity index is 379. The molecule has 2 fully saturated rings. The summed E-state index contributed by atoms with van der Waals surface area (Å²) < 4.78 is 0. The molecule has 2 rings (SSSR count). The van der Waals surface area contributed by atoms with Crippen LogP contribution in [0, 0.1) is 28.6 Å². The summed E-state index contributed by atoms with van der Waals surface area (Å²) in [4.78, 5) is 11.5. The van der Waals surface area contributed by atoms with Crippen LogP contribution in [-0.2, 0) is 4.79 Å². The number of carbonyl (C=O) groups excluding carboxylic acids is 1. The van der Waals surface area contributed by atoms with E-state index in [2.05, 4.69) is 19.6 Å². The lowest BCUT2D eigenvalue weighted by molar-refractivity contribution is -0.124. The SMILES string of the molecule is C=C1CCCCC1C1(C)CCC(=O)CC1C#N. The largest absolute Gasteiger partial charge is 0.300 e. The monoisotopic (exact) mass is 231 g/mol. The average Bonchev–Trinajstić information content (AvgIpc) is 2.33. The quantitative estimate of drug-likeness (QED) is 0.646. The van der Waals surface area contributed by atoms with Crippen molar-refractivity contribution in [3.05, 3.63) is 12.2 Å². The van der Waals surface area contributed by atoms with Crippen LogP contribution in [0.4, 0.5) is 0 Å². The highest BCUT2D eigenvalue weighted by Gasteiger charge is 2.46. The van der Waals surface area contributed by atoms with E-state index in [-0.39, 0.29) is 17.1 Å². The zero-order chi connectivity index (χ0) is 12.5. The van der Waals surface area contributed by atoms with Gasteiger partial charge in [-0.15, -0.1) is 0 Å². The number of nitriles is 1. The van der Waals surface area contributed by atoms with Crippen molar-refractivity contribution < 1.29 is 4.79 Å². The summed E-state index contributed by atoms with van der Waals surface area (Å²) in [5, 5.41) is 9.33. The number of nitrogens with zero attached hydrogens (tertiary/aromatic N) is 1. The third-order valence-corrected chi connectivity index (χ3v) is 4.86. The van der Waals surface area contributed by atoms with Crippen LogP contribution in [0.2, 0.25) is 0 Å². The summed E-state index contributed by atoms with van der Waals surface area (Å²) in [6.45, 7) is 6.41. The van der Waals surface area contributed by atoms with E-state index in [1.165, 1.54) is 18.4 Å². The molecule has 3 unspecified atom stereocenters. The van der Waals surface area contributed by atoms with Gasteiger partial charge >= 0.3 is 0 Å². The van der Waals surface area contributed by atoms with Crippen LogP contribution in [0.25, 0.3) is 0 Å². The van der Waals surface area contributed by atoms with Crippen LogP contribution in [0.15, 0.2) is 12.2 Å². The van der Waals surface area contributed by atoms with Crippen LogP contribution in [0.3, 0.4) is 0 Å². The number of allylic oxidation sites excluding steroid dienone is 1. The van der Waals surface area contributed by atoms with Gasteiger partial charge in [0.2, 0.25) is 0 Å². The lowest BCUT2D eigenvalue weighted by atomic mass is 9.57. The minimum absolute atomic E-state index is 0.0137. The van der Waals surface area contributed by atoms with Gasteiger partial charge in [-0.25, -0.2) is 0 Å². The first-order valence-electron chi connectivity index (χ1n) is 6.67. The molecule has 0 aliphatic heterocycles. The van der Waals surface area contributed by atoms with Crippen LogP contribution in [0.5, 0.6) is 0 Å². The molecule has 3 atom stereocenters. The first-order valence-corrected chi connectivity index (χ1v) is 6.67. The van der Waals surface area contributed by atoms with Crippen molar-refractivity contribution in [2.24, 2.45) is 17.3 Å². The van der Waals surface area contributed by atoms with Gasteiger partial charge < -0.3 is 0 Å². The Morgan fingerprint density at radius 3 is 2.82 bits per heavy atom. The molecule has 0 aromatic rings. The summed E-state index contributed by atoms with van der Waals surface area (Å²) in [7, 11) is 0. The highest BCUT2D eigenvalue weighted by molar-refractivity contribution is 5.80. The lowest BCUT2D eigenvalue weighted by Crippen LogP contribution is -2.41. The van der Waals surface area contributed by atoms with Crippen molar-refractivity contribution in [1.82, 2.24) is 0 Å². The maximum Gasteiger partial charge on any atom is 0.134 e. The number of hydrogen-bond donors (Lipinski definition) is 0. The highest BCUT2D eigenvalue weighted by atomic mass is 16.1. The molecule has 0 aromatic carbocycles. The molecule has 2 saturated carbocycles. The first kappa shape index (κ1) is 12.4. The maximum atomic E-state index is 11.5. The Morgan fingerprint density at radius 2 is 2.18 bits per heavy atom. The zero-order valence-electron chi connectivity index (χ0n) is 10.7. The Labute approximate surface area is 104 Å². The minimum Gasteiger partial charge on any atom is -0.300 e. The fourth-order valence-electron chi connectivity index (χ4n) is 3.63. The van der Waals surface area contributed by atoms with Crippen LogP contribution in [-0.4, -0.2) is 5.78 Å². The molecule has 0 bridgehead atoms. The van der Waals surface area contributed by atoms with Crippen LogP contribution < -0.4 is 0 Å². The summed E-state index contributed by atoms with van der Waals surface area (Å²) in [5.74, 6) is 0.605. The lowest BCUT2D eigenvalue weighted by Gasteiger charge is -2.46. The second-order valence-corrected chi connectivity index (χ2v) is 5.89. The Morgan fingerprint density at radius 1 is 1.41 bits per heavy atom. The smallest absolute Gasteiger partial charge is 0.134 e. The molecule has 92 valence electrons. The molecule has 0 heterocycles. The van der Waals surface area contributed by atoms with E-state index in [1.54, 1.807) is 0 Å². The molecular weight excluding hydrogens is 210 g/mol. The van der Waals surface area contributed by atoms with E-state index < -0.39 is 0 Å². The summed E-state index contributed by atoms with van der Waals surface area (Å²) in [5.41, 5.74) is 1.30. The molecule has 0 radical (unpaired) electrons. The minimum atomic E-state index is -0.108. The van der Waals surface area contributed by atoms with Gasteiger partial charge in [-0.1, -0.05) is 25.5 Å². The molecule has 2 heteroatoms.